The molecule has 2 saturated heterocycles. The average Bonchev–Trinajstić information content (AvgIpc) is 2.83. The SMILES string of the molecule is CCCN(CC1CCOCO1)C1CCNC1. The van der Waals surface area contributed by atoms with Crippen LogP contribution in [-0.2, 0) is 9.47 Å². The summed E-state index contributed by atoms with van der Waals surface area (Å²) >= 11 is 0. The molecule has 2 aliphatic heterocycles. The van der Waals surface area contributed by atoms with Crippen LogP contribution >= 0.6 is 0 Å². The second-order valence-electron chi connectivity index (χ2n) is 4.75. The van der Waals surface area contributed by atoms with E-state index in [-0.39, 0.29) is 0 Å². The summed E-state index contributed by atoms with van der Waals surface area (Å²) in [6.07, 6.45) is 3.92. The van der Waals surface area contributed by atoms with Gasteiger partial charge in [-0.05, 0) is 32.4 Å². The number of hydrogen-bond donors (Lipinski definition) is 1. The van der Waals surface area contributed by atoms with Crippen LogP contribution in [0.3, 0.4) is 0 Å². The van der Waals surface area contributed by atoms with Crippen LogP contribution in [0.25, 0.3) is 0 Å². The van der Waals surface area contributed by atoms with E-state index in [1.54, 1.807) is 0 Å². The van der Waals surface area contributed by atoms with Gasteiger partial charge in [0.15, 0.2) is 0 Å². The van der Waals surface area contributed by atoms with Gasteiger partial charge in [-0.15, -0.1) is 0 Å². The van der Waals surface area contributed by atoms with E-state index in [4.69, 9.17) is 9.47 Å². The summed E-state index contributed by atoms with van der Waals surface area (Å²) in [6.45, 7) is 8.15. The molecule has 0 radical (unpaired) electrons. The first-order valence-corrected chi connectivity index (χ1v) is 6.54. The van der Waals surface area contributed by atoms with Crippen LogP contribution in [-0.4, -0.2) is 56.6 Å². The van der Waals surface area contributed by atoms with Crippen LogP contribution in [0.4, 0.5) is 0 Å². The Morgan fingerprint density at radius 3 is 2.94 bits per heavy atom. The summed E-state index contributed by atoms with van der Waals surface area (Å²) in [5, 5.41) is 3.44. The highest BCUT2D eigenvalue weighted by atomic mass is 16.7. The van der Waals surface area contributed by atoms with Gasteiger partial charge in [0.25, 0.3) is 0 Å². The molecule has 0 aromatic heterocycles. The van der Waals surface area contributed by atoms with Gasteiger partial charge in [-0.25, -0.2) is 0 Å². The van der Waals surface area contributed by atoms with E-state index in [0.717, 1.165) is 26.1 Å². The maximum atomic E-state index is 5.63. The van der Waals surface area contributed by atoms with E-state index in [1.807, 2.05) is 0 Å². The predicted octanol–water partition coefficient (Wildman–Crippen LogP) is 0.823. The molecule has 0 aromatic rings. The van der Waals surface area contributed by atoms with Gasteiger partial charge in [0.2, 0.25) is 0 Å². The largest absolute Gasteiger partial charge is 0.355 e. The van der Waals surface area contributed by atoms with E-state index < -0.39 is 0 Å². The third kappa shape index (κ3) is 3.42. The standard InChI is InChI=1S/C12H24N2O2/c1-2-6-14(11-3-5-13-8-11)9-12-4-7-15-10-16-12/h11-13H,2-10H2,1H3. The number of ether oxygens (including phenoxy) is 2. The van der Waals surface area contributed by atoms with Crippen molar-refractivity contribution in [3.05, 3.63) is 0 Å². The smallest absolute Gasteiger partial charge is 0.147 e. The van der Waals surface area contributed by atoms with Crippen molar-refractivity contribution >= 4 is 0 Å². The molecule has 0 amide bonds. The van der Waals surface area contributed by atoms with E-state index in [1.165, 1.54) is 25.9 Å². The minimum atomic E-state index is 0.376. The van der Waals surface area contributed by atoms with Gasteiger partial charge in [-0.1, -0.05) is 6.92 Å². The highest BCUT2D eigenvalue weighted by Gasteiger charge is 2.25. The second kappa shape index (κ2) is 6.55. The van der Waals surface area contributed by atoms with Crippen molar-refractivity contribution in [3.63, 3.8) is 0 Å². The Kier molecular flexibility index (Phi) is 5.03. The Morgan fingerprint density at radius 2 is 2.31 bits per heavy atom. The lowest BCUT2D eigenvalue weighted by Gasteiger charge is -2.33. The van der Waals surface area contributed by atoms with Gasteiger partial charge >= 0.3 is 0 Å². The molecule has 4 nitrogen and oxygen atoms in total. The third-order valence-electron chi connectivity index (χ3n) is 3.47. The first kappa shape index (κ1) is 12.3. The molecule has 2 heterocycles. The van der Waals surface area contributed by atoms with Crippen LogP contribution in [0.2, 0.25) is 0 Å². The molecule has 2 aliphatic rings. The fraction of sp³-hybridized carbons (Fsp3) is 1.00. The normalized spacial score (nSPS) is 31.1. The van der Waals surface area contributed by atoms with Crippen molar-refractivity contribution in [2.24, 2.45) is 0 Å². The van der Waals surface area contributed by atoms with Gasteiger partial charge in [0, 0.05) is 19.1 Å². The second-order valence-corrected chi connectivity index (χ2v) is 4.75. The summed E-state index contributed by atoms with van der Waals surface area (Å²) in [7, 11) is 0. The fourth-order valence-electron chi connectivity index (χ4n) is 2.57. The maximum Gasteiger partial charge on any atom is 0.147 e. The molecule has 0 spiro atoms. The molecular formula is C12H24N2O2. The van der Waals surface area contributed by atoms with Crippen LogP contribution in [0.15, 0.2) is 0 Å². The van der Waals surface area contributed by atoms with Gasteiger partial charge in [0.1, 0.15) is 6.79 Å². The molecule has 2 unspecified atom stereocenters. The van der Waals surface area contributed by atoms with Crippen LogP contribution in [0, 0.1) is 0 Å². The van der Waals surface area contributed by atoms with Crippen molar-refractivity contribution < 1.29 is 9.47 Å². The van der Waals surface area contributed by atoms with Gasteiger partial charge in [-0.3, -0.25) is 4.90 Å². The zero-order valence-electron chi connectivity index (χ0n) is 10.3. The Balaban J connectivity index is 1.80. The minimum Gasteiger partial charge on any atom is -0.355 e. The highest BCUT2D eigenvalue weighted by molar-refractivity contribution is 4.82. The van der Waals surface area contributed by atoms with Gasteiger partial charge < -0.3 is 14.8 Å². The molecule has 0 saturated carbocycles. The Bertz CT molecular complexity index is 189. The zero-order chi connectivity index (χ0) is 11.2. The molecular weight excluding hydrogens is 204 g/mol. The highest BCUT2D eigenvalue weighted by Crippen LogP contribution is 2.14. The lowest BCUT2D eigenvalue weighted by Crippen LogP contribution is -2.44. The van der Waals surface area contributed by atoms with Crippen LogP contribution < -0.4 is 5.32 Å². The molecule has 2 rings (SSSR count). The average molecular weight is 228 g/mol. The van der Waals surface area contributed by atoms with Gasteiger partial charge in [-0.2, -0.15) is 0 Å². The molecule has 0 aliphatic carbocycles. The van der Waals surface area contributed by atoms with Crippen molar-refractivity contribution in [2.75, 3.05) is 39.6 Å². The Labute approximate surface area is 98.3 Å². The molecule has 1 N–H and O–H groups in total. The predicted molar refractivity (Wildman–Crippen MR) is 63.4 cm³/mol. The topological polar surface area (TPSA) is 33.7 Å². The molecule has 16 heavy (non-hydrogen) atoms. The molecule has 94 valence electrons. The number of rotatable bonds is 5. The van der Waals surface area contributed by atoms with Crippen molar-refractivity contribution in [2.45, 2.75) is 38.3 Å². The molecule has 4 heteroatoms. The molecule has 0 aromatic carbocycles. The molecule has 2 atom stereocenters. The summed E-state index contributed by atoms with van der Waals surface area (Å²) in [5.41, 5.74) is 0. The minimum absolute atomic E-state index is 0.376. The quantitative estimate of drug-likeness (QED) is 0.755. The summed E-state index contributed by atoms with van der Waals surface area (Å²) < 4.78 is 10.8. The van der Waals surface area contributed by atoms with E-state index >= 15 is 0 Å². The van der Waals surface area contributed by atoms with Gasteiger partial charge in [0.05, 0.1) is 12.7 Å². The molecule has 0 bridgehead atoms. The monoisotopic (exact) mass is 228 g/mol. The molecule has 2 fully saturated rings. The number of nitrogens with one attached hydrogen (secondary N) is 1. The lowest BCUT2D eigenvalue weighted by atomic mass is 10.1. The number of hydrogen-bond acceptors (Lipinski definition) is 4. The van der Waals surface area contributed by atoms with Crippen LogP contribution in [0.5, 0.6) is 0 Å². The fourth-order valence-corrected chi connectivity index (χ4v) is 2.57. The summed E-state index contributed by atoms with van der Waals surface area (Å²) in [6, 6.07) is 0.714. The van der Waals surface area contributed by atoms with E-state index in [2.05, 4.69) is 17.1 Å². The first-order chi connectivity index (χ1) is 7.90. The summed E-state index contributed by atoms with van der Waals surface area (Å²) in [5.74, 6) is 0. The van der Waals surface area contributed by atoms with E-state index in [9.17, 15) is 0 Å². The van der Waals surface area contributed by atoms with E-state index in [0.29, 0.717) is 18.9 Å². The zero-order valence-corrected chi connectivity index (χ0v) is 10.3. The van der Waals surface area contributed by atoms with Crippen LogP contribution in [0.1, 0.15) is 26.2 Å². The first-order valence-electron chi connectivity index (χ1n) is 6.54. The van der Waals surface area contributed by atoms with Crippen molar-refractivity contribution in [3.8, 4) is 0 Å². The van der Waals surface area contributed by atoms with Crippen molar-refractivity contribution in [1.82, 2.24) is 10.2 Å². The Morgan fingerprint density at radius 1 is 1.38 bits per heavy atom. The Hall–Kier alpha value is -0.160. The maximum absolute atomic E-state index is 5.63. The third-order valence-corrected chi connectivity index (χ3v) is 3.47. The summed E-state index contributed by atoms with van der Waals surface area (Å²) in [4.78, 5) is 2.59. The lowest BCUT2D eigenvalue weighted by molar-refractivity contribution is -0.146. The number of nitrogens with zero attached hydrogens (tertiary/aromatic N) is 1. The van der Waals surface area contributed by atoms with Crippen molar-refractivity contribution in [1.29, 1.82) is 0 Å².